The second-order valence-electron chi connectivity index (χ2n) is 6.77. The number of aryl methyl sites for hydroxylation is 1. The largest absolute Gasteiger partial charge is 0.353 e. The van der Waals surface area contributed by atoms with Crippen LogP contribution in [0.2, 0.25) is 0 Å². The van der Waals surface area contributed by atoms with Gasteiger partial charge in [0.05, 0.1) is 17.0 Å². The summed E-state index contributed by atoms with van der Waals surface area (Å²) < 4.78 is 14.5. The van der Waals surface area contributed by atoms with E-state index in [2.05, 4.69) is 15.3 Å². The van der Waals surface area contributed by atoms with E-state index in [-0.39, 0.29) is 23.0 Å². The van der Waals surface area contributed by atoms with Crippen LogP contribution in [0.4, 0.5) is 4.39 Å². The van der Waals surface area contributed by atoms with E-state index in [9.17, 15) is 14.0 Å². The number of carbonyl (C=O) groups is 1. The standard InChI is InChI=1S/C22H19FN4O2S/c1-14-11-18-20(25-14)21(29)27(17-5-3-2-4-6-17)22(26-18)30-13-19(28)24-12-15-7-9-16(23)10-8-15/h2-11,25H,12-13H2,1H3,(H,24,28). The van der Waals surface area contributed by atoms with Gasteiger partial charge in [-0.25, -0.2) is 9.37 Å². The lowest BCUT2D eigenvalue weighted by molar-refractivity contribution is -0.118. The van der Waals surface area contributed by atoms with E-state index in [0.29, 0.717) is 28.4 Å². The number of para-hydroxylation sites is 1. The number of nitrogens with zero attached hydrogens (tertiary/aromatic N) is 2. The van der Waals surface area contributed by atoms with Crippen LogP contribution >= 0.6 is 11.8 Å². The summed E-state index contributed by atoms with van der Waals surface area (Å²) in [5.74, 6) is -0.431. The second kappa shape index (κ2) is 8.54. The first-order chi connectivity index (χ1) is 14.5. The van der Waals surface area contributed by atoms with Crippen molar-refractivity contribution < 1.29 is 9.18 Å². The fraction of sp³-hybridized carbons (Fsp3) is 0.136. The molecule has 4 rings (SSSR count). The van der Waals surface area contributed by atoms with Crippen LogP contribution in [0.1, 0.15) is 11.3 Å². The number of aromatic nitrogens is 3. The lowest BCUT2D eigenvalue weighted by Gasteiger charge is -2.12. The van der Waals surface area contributed by atoms with Crippen molar-refractivity contribution in [1.82, 2.24) is 19.9 Å². The Morgan fingerprint density at radius 2 is 1.90 bits per heavy atom. The number of amides is 1. The van der Waals surface area contributed by atoms with Crippen LogP contribution in [0.3, 0.4) is 0 Å². The molecular formula is C22H19FN4O2S. The Hall–Kier alpha value is -3.39. The van der Waals surface area contributed by atoms with E-state index in [1.807, 2.05) is 43.3 Å². The molecule has 0 bridgehead atoms. The predicted molar refractivity (Wildman–Crippen MR) is 115 cm³/mol. The summed E-state index contributed by atoms with van der Waals surface area (Å²) >= 11 is 1.19. The van der Waals surface area contributed by atoms with Gasteiger partial charge in [0.2, 0.25) is 5.91 Å². The Morgan fingerprint density at radius 3 is 2.63 bits per heavy atom. The highest BCUT2D eigenvalue weighted by atomic mass is 32.2. The fourth-order valence-electron chi connectivity index (χ4n) is 3.06. The van der Waals surface area contributed by atoms with Gasteiger partial charge in [0.1, 0.15) is 11.3 Å². The highest BCUT2D eigenvalue weighted by Crippen LogP contribution is 2.21. The molecule has 2 N–H and O–H groups in total. The highest BCUT2D eigenvalue weighted by Gasteiger charge is 2.16. The van der Waals surface area contributed by atoms with Gasteiger partial charge in [-0.1, -0.05) is 42.1 Å². The number of hydrogen-bond donors (Lipinski definition) is 2. The molecule has 2 aromatic carbocycles. The zero-order valence-electron chi connectivity index (χ0n) is 16.2. The molecular weight excluding hydrogens is 403 g/mol. The molecule has 2 aromatic heterocycles. The zero-order valence-corrected chi connectivity index (χ0v) is 17.0. The molecule has 0 aliphatic heterocycles. The van der Waals surface area contributed by atoms with Gasteiger partial charge in [-0.2, -0.15) is 0 Å². The average molecular weight is 422 g/mol. The molecule has 0 aliphatic carbocycles. The van der Waals surface area contributed by atoms with Crippen LogP contribution in [0, 0.1) is 12.7 Å². The molecule has 0 unspecified atom stereocenters. The first kappa shape index (κ1) is 19.9. The van der Waals surface area contributed by atoms with Crippen molar-refractivity contribution in [1.29, 1.82) is 0 Å². The van der Waals surface area contributed by atoms with Crippen molar-refractivity contribution in [2.75, 3.05) is 5.75 Å². The van der Waals surface area contributed by atoms with Gasteiger partial charge in [-0.3, -0.25) is 14.2 Å². The Bertz CT molecular complexity index is 1250. The lowest BCUT2D eigenvalue weighted by atomic mass is 10.2. The third-order valence-electron chi connectivity index (χ3n) is 4.51. The minimum Gasteiger partial charge on any atom is -0.353 e. The fourth-order valence-corrected chi connectivity index (χ4v) is 3.91. The number of carbonyl (C=O) groups excluding carboxylic acids is 1. The van der Waals surface area contributed by atoms with E-state index in [1.165, 1.54) is 28.5 Å². The Morgan fingerprint density at radius 1 is 1.17 bits per heavy atom. The summed E-state index contributed by atoms with van der Waals surface area (Å²) in [7, 11) is 0. The summed E-state index contributed by atoms with van der Waals surface area (Å²) in [5, 5.41) is 3.24. The summed E-state index contributed by atoms with van der Waals surface area (Å²) in [5.41, 5.74) is 3.11. The number of rotatable bonds is 6. The molecule has 0 spiro atoms. The van der Waals surface area contributed by atoms with Crippen LogP contribution in [0.15, 0.2) is 70.6 Å². The molecule has 0 fully saturated rings. The number of aromatic amines is 1. The quantitative estimate of drug-likeness (QED) is 0.368. The van der Waals surface area contributed by atoms with Gasteiger partial charge in [0.25, 0.3) is 5.56 Å². The minimum atomic E-state index is -0.319. The number of benzene rings is 2. The van der Waals surface area contributed by atoms with Crippen molar-refractivity contribution >= 4 is 28.7 Å². The maximum Gasteiger partial charge on any atom is 0.283 e. The first-order valence-electron chi connectivity index (χ1n) is 9.33. The number of thioether (sulfide) groups is 1. The molecule has 0 radical (unpaired) electrons. The minimum absolute atomic E-state index is 0.0926. The molecule has 30 heavy (non-hydrogen) atoms. The topological polar surface area (TPSA) is 79.8 Å². The van der Waals surface area contributed by atoms with Gasteiger partial charge >= 0.3 is 0 Å². The van der Waals surface area contributed by atoms with E-state index in [0.717, 1.165) is 11.3 Å². The summed E-state index contributed by atoms with van der Waals surface area (Å²) in [6.07, 6.45) is 0. The van der Waals surface area contributed by atoms with Crippen LogP contribution in [0.5, 0.6) is 0 Å². The van der Waals surface area contributed by atoms with Crippen LogP contribution in [-0.2, 0) is 11.3 Å². The van der Waals surface area contributed by atoms with E-state index in [1.54, 1.807) is 12.1 Å². The smallest absolute Gasteiger partial charge is 0.283 e. The molecule has 0 atom stereocenters. The number of hydrogen-bond acceptors (Lipinski definition) is 4. The molecule has 2 heterocycles. The van der Waals surface area contributed by atoms with Crippen LogP contribution in [-0.4, -0.2) is 26.2 Å². The van der Waals surface area contributed by atoms with Gasteiger partial charge in [-0.05, 0) is 42.8 Å². The molecule has 152 valence electrons. The summed E-state index contributed by atoms with van der Waals surface area (Å²) in [4.78, 5) is 33.1. The van der Waals surface area contributed by atoms with Gasteiger partial charge in [-0.15, -0.1) is 0 Å². The lowest BCUT2D eigenvalue weighted by Crippen LogP contribution is -2.26. The molecule has 0 saturated carbocycles. The number of nitrogens with one attached hydrogen (secondary N) is 2. The van der Waals surface area contributed by atoms with Crippen molar-refractivity contribution in [2.24, 2.45) is 0 Å². The maximum atomic E-state index is 13.1. The third kappa shape index (κ3) is 4.28. The van der Waals surface area contributed by atoms with Crippen molar-refractivity contribution in [3.05, 3.63) is 88.1 Å². The normalized spacial score (nSPS) is 11.0. The highest BCUT2D eigenvalue weighted by molar-refractivity contribution is 7.99. The number of halogens is 1. The molecule has 1 amide bonds. The van der Waals surface area contributed by atoms with E-state index < -0.39 is 0 Å². The predicted octanol–water partition coefficient (Wildman–Crippen LogP) is 3.57. The van der Waals surface area contributed by atoms with Crippen molar-refractivity contribution in [3.63, 3.8) is 0 Å². The van der Waals surface area contributed by atoms with Gasteiger partial charge in [0.15, 0.2) is 5.16 Å². The van der Waals surface area contributed by atoms with Gasteiger partial charge in [0, 0.05) is 12.2 Å². The average Bonchev–Trinajstić information content (AvgIpc) is 3.13. The van der Waals surface area contributed by atoms with Crippen LogP contribution in [0.25, 0.3) is 16.7 Å². The monoisotopic (exact) mass is 422 g/mol. The molecule has 4 aromatic rings. The summed E-state index contributed by atoms with van der Waals surface area (Å²) in [6, 6.07) is 17.0. The zero-order chi connectivity index (χ0) is 21.1. The summed E-state index contributed by atoms with van der Waals surface area (Å²) in [6.45, 7) is 2.17. The Kier molecular flexibility index (Phi) is 5.67. The third-order valence-corrected chi connectivity index (χ3v) is 5.44. The van der Waals surface area contributed by atoms with E-state index in [4.69, 9.17) is 0 Å². The SMILES string of the molecule is Cc1cc2nc(SCC(=O)NCc3ccc(F)cc3)n(-c3ccccc3)c(=O)c2[nH]1. The number of fused-ring (bicyclic) bond motifs is 1. The molecule has 6 nitrogen and oxygen atoms in total. The van der Waals surface area contributed by atoms with Crippen LogP contribution < -0.4 is 10.9 Å². The Labute approximate surface area is 176 Å². The van der Waals surface area contributed by atoms with Crippen molar-refractivity contribution in [3.8, 4) is 5.69 Å². The number of H-pyrrole nitrogens is 1. The van der Waals surface area contributed by atoms with E-state index >= 15 is 0 Å². The van der Waals surface area contributed by atoms with Crippen molar-refractivity contribution in [2.45, 2.75) is 18.6 Å². The second-order valence-corrected chi connectivity index (χ2v) is 7.72. The Balaban J connectivity index is 1.56. The van der Waals surface area contributed by atoms with Gasteiger partial charge < -0.3 is 10.3 Å². The first-order valence-corrected chi connectivity index (χ1v) is 10.3. The molecule has 0 saturated heterocycles. The molecule has 8 heteroatoms. The molecule has 0 aliphatic rings. The maximum absolute atomic E-state index is 13.1.